The van der Waals surface area contributed by atoms with Crippen molar-refractivity contribution in [2.24, 2.45) is 11.7 Å². The lowest BCUT2D eigenvalue weighted by Gasteiger charge is -2.08. The molecular formula is C12H25N3O2. The standard InChI is InChI=1S/C12H25N3O2/c1-10(2)12(17)15-9-8-14-11(16)6-4-3-5-7-13/h10H,3-9,13H2,1-2H3,(H,14,16)(H,15,17). The van der Waals surface area contributed by atoms with Crippen LogP contribution in [0.25, 0.3) is 0 Å². The Labute approximate surface area is 104 Å². The maximum atomic E-state index is 11.3. The van der Waals surface area contributed by atoms with E-state index in [1.165, 1.54) is 0 Å². The summed E-state index contributed by atoms with van der Waals surface area (Å²) < 4.78 is 0. The summed E-state index contributed by atoms with van der Waals surface area (Å²) in [5.74, 6) is 0.0463. The Kier molecular flexibility index (Phi) is 9.43. The second-order valence-corrected chi connectivity index (χ2v) is 4.40. The second kappa shape index (κ2) is 10.1. The average Bonchev–Trinajstić information content (AvgIpc) is 2.29. The van der Waals surface area contributed by atoms with Crippen LogP contribution < -0.4 is 16.4 Å². The summed E-state index contributed by atoms with van der Waals surface area (Å²) in [5.41, 5.74) is 5.36. The molecular weight excluding hydrogens is 218 g/mol. The molecule has 0 aliphatic rings. The zero-order chi connectivity index (χ0) is 13.1. The van der Waals surface area contributed by atoms with Crippen LogP contribution in [0.5, 0.6) is 0 Å². The van der Waals surface area contributed by atoms with E-state index in [9.17, 15) is 9.59 Å². The number of amides is 2. The number of hydrogen-bond acceptors (Lipinski definition) is 3. The molecule has 0 aliphatic heterocycles. The van der Waals surface area contributed by atoms with Gasteiger partial charge in [0.25, 0.3) is 0 Å². The van der Waals surface area contributed by atoms with Gasteiger partial charge >= 0.3 is 0 Å². The van der Waals surface area contributed by atoms with Crippen molar-refractivity contribution in [3.05, 3.63) is 0 Å². The summed E-state index contributed by atoms with van der Waals surface area (Å²) in [6, 6.07) is 0. The summed E-state index contributed by atoms with van der Waals surface area (Å²) in [7, 11) is 0. The summed E-state index contributed by atoms with van der Waals surface area (Å²) >= 11 is 0. The quantitative estimate of drug-likeness (QED) is 0.512. The van der Waals surface area contributed by atoms with Crippen LogP contribution in [0.15, 0.2) is 0 Å². The fourth-order valence-electron chi connectivity index (χ4n) is 1.29. The fraction of sp³-hybridized carbons (Fsp3) is 0.833. The molecule has 2 amide bonds. The lowest BCUT2D eigenvalue weighted by atomic mass is 10.2. The van der Waals surface area contributed by atoms with E-state index >= 15 is 0 Å². The van der Waals surface area contributed by atoms with E-state index in [1.807, 2.05) is 13.8 Å². The highest BCUT2D eigenvalue weighted by Gasteiger charge is 2.05. The van der Waals surface area contributed by atoms with Crippen LogP contribution in [0.1, 0.15) is 39.5 Å². The van der Waals surface area contributed by atoms with Crippen LogP contribution >= 0.6 is 0 Å². The maximum Gasteiger partial charge on any atom is 0.222 e. The first-order valence-corrected chi connectivity index (χ1v) is 6.32. The Morgan fingerprint density at radius 3 is 2.29 bits per heavy atom. The first-order chi connectivity index (χ1) is 8.07. The van der Waals surface area contributed by atoms with Gasteiger partial charge in [-0.3, -0.25) is 9.59 Å². The third-order valence-corrected chi connectivity index (χ3v) is 2.38. The van der Waals surface area contributed by atoms with Gasteiger partial charge in [-0.05, 0) is 19.4 Å². The van der Waals surface area contributed by atoms with E-state index in [4.69, 9.17) is 5.73 Å². The van der Waals surface area contributed by atoms with Gasteiger partial charge in [0, 0.05) is 25.4 Å². The Hall–Kier alpha value is -1.10. The molecule has 0 aromatic carbocycles. The van der Waals surface area contributed by atoms with Crippen LogP contribution in [0.3, 0.4) is 0 Å². The lowest BCUT2D eigenvalue weighted by molar-refractivity contribution is -0.124. The van der Waals surface area contributed by atoms with Crippen LogP contribution in [-0.2, 0) is 9.59 Å². The highest BCUT2D eigenvalue weighted by Crippen LogP contribution is 1.97. The zero-order valence-electron chi connectivity index (χ0n) is 10.9. The summed E-state index contributed by atoms with van der Waals surface area (Å²) in [6.07, 6.45) is 3.38. The van der Waals surface area contributed by atoms with Crippen molar-refractivity contribution in [1.82, 2.24) is 10.6 Å². The van der Waals surface area contributed by atoms with Gasteiger partial charge < -0.3 is 16.4 Å². The van der Waals surface area contributed by atoms with Crippen molar-refractivity contribution >= 4 is 11.8 Å². The Morgan fingerprint density at radius 2 is 1.71 bits per heavy atom. The van der Waals surface area contributed by atoms with Crippen LogP contribution in [-0.4, -0.2) is 31.4 Å². The zero-order valence-corrected chi connectivity index (χ0v) is 10.9. The van der Waals surface area contributed by atoms with Crippen molar-refractivity contribution in [3.63, 3.8) is 0 Å². The number of hydrogen-bond donors (Lipinski definition) is 3. The Balaban J connectivity index is 3.36. The molecule has 0 atom stereocenters. The Bertz CT molecular complexity index is 230. The third-order valence-electron chi connectivity index (χ3n) is 2.38. The van der Waals surface area contributed by atoms with Gasteiger partial charge in [0.05, 0.1) is 0 Å². The van der Waals surface area contributed by atoms with Gasteiger partial charge in [0.1, 0.15) is 0 Å². The van der Waals surface area contributed by atoms with Crippen LogP contribution in [0, 0.1) is 5.92 Å². The minimum Gasteiger partial charge on any atom is -0.354 e. The average molecular weight is 243 g/mol. The minimum atomic E-state index is -0.0121. The number of nitrogens with one attached hydrogen (secondary N) is 2. The van der Waals surface area contributed by atoms with Crippen molar-refractivity contribution in [2.45, 2.75) is 39.5 Å². The van der Waals surface area contributed by atoms with E-state index in [2.05, 4.69) is 10.6 Å². The maximum absolute atomic E-state index is 11.3. The molecule has 100 valence electrons. The number of rotatable bonds is 9. The fourth-order valence-corrected chi connectivity index (χ4v) is 1.29. The molecule has 0 saturated carbocycles. The first kappa shape index (κ1) is 15.9. The molecule has 0 radical (unpaired) electrons. The van der Waals surface area contributed by atoms with Gasteiger partial charge in [-0.25, -0.2) is 0 Å². The summed E-state index contributed by atoms with van der Waals surface area (Å²) in [6.45, 7) is 5.35. The van der Waals surface area contributed by atoms with Crippen LogP contribution in [0.2, 0.25) is 0 Å². The summed E-state index contributed by atoms with van der Waals surface area (Å²) in [4.78, 5) is 22.5. The molecule has 4 N–H and O–H groups in total. The smallest absolute Gasteiger partial charge is 0.222 e. The van der Waals surface area contributed by atoms with Gasteiger partial charge in [-0.15, -0.1) is 0 Å². The molecule has 5 heteroatoms. The number of unbranched alkanes of at least 4 members (excludes halogenated alkanes) is 2. The van der Waals surface area contributed by atoms with E-state index in [-0.39, 0.29) is 17.7 Å². The minimum absolute atomic E-state index is 0.0121. The van der Waals surface area contributed by atoms with E-state index in [1.54, 1.807) is 0 Å². The molecule has 0 saturated heterocycles. The molecule has 0 bridgehead atoms. The van der Waals surface area contributed by atoms with Crippen molar-refractivity contribution in [3.8, 4) is 0 Å². The predicted molar refractivity (Wildman–Crippen MR) is 68.4 cm³/mol. The first-order valence-electron chi connectivity index (χ1n) is 6.32. The molecule has 5 nitrogen and oxygen atoms in total. The second-order valence-electron chi connectivity index (χ2n) is 4.40. The van der Waals surface area contributed by atoms with E-state index in [0.717, 1.165) is 19.3 Å². The number of carbonyl (C=O) groups excluding carboxylic acids is 2. The van der Waals surface area contributed by atoms with Crippen LogP contribution in [0.4, 0.5) is 0 Å². The molecule has 0 rings (SSSR count). The normalized spacial score (nSPS) is 10.4. The van der Waals surface area contributed by atoms with Gasteiger partial charge in [0.2, 0.25) is 11.8 Å². The molecule has 0 heterocycles. The molecule has 17 heavy (non-hydrogen) atoms. The van der Waals surface area contributed by atoms with E-state index in [0.29, 0.717) is 26.1 Å². The number of carbonyl (C=O) groups is 2. The SMILES string of the molecule is CC(C)C(=O)NCCNC(=O)CCCCCN. The van der Waals surface area contributed by atoms with Gasteiger partial charge in [-0.1, -0.05) is 20.3 Å². The topological polar surface area (TPSA) is 84.2 Å². The molecule has 0 fully saturated rings. The molecule has 0 unspecified atom stereocenters. The molecule has 0 spiro atoms. The highest BCUT2D eigenvalue weighted by atomic mass is 16.2. The lowest BCUT2D eigenvalue weighted by Crippen LogP contribution is -2.36. The largest absolute Gasteiger partial charge is 0.354 e. The van der Waals surface area contributed by atoms with Gasteiger partial charge in [-0.2, -0.15) is 0 Å². The highest BCUT2D eigenvalue weighted by molar-refractivity contribution is 5.78. The number of nitrogens with two attached hydrogens (primary N) is 1. The van der Waals surface area contributed by atoms with Gasteiger partial charge in [0.15, 0.2) is 0 Å². The monoisotopic (exact) mass is 243 g/mol. The molecule has 0 aromatic rings. The van der Waals surface area contributed by atoms with Crippen molar-refractivity contribution in [2.75, 3.05) is 19.6 Å². The molecule has 0 aliphatic carbocycles. The van der Waals surface area contributed by atoms with E-state index < -0.39 is 0 Å². The van der Waals surface area contributed by atoms with Crippen molar-refractivity contribution in [1.29, 1.82) is 0 Å². The predicted octanol–water partition coefficient (Wildman–Crippen LogP) is 0.394. The Morgan fingerprint density at radius 1 is 1.06 bits per heavy atom. The van der Waals surface area contributed by atoms with Crippen molar-refractivity contribution < 1.29 is 9.59 Å². The third kappa shape index (κ3) is 9.81. The molecule has 0 aromatic heterocycles. The summed E-state index contributed by atoms with van der Waals surface area (Å²) in [5, 5.41) is 5.51.